The van der Waals surface area contributed by atoms with Gasteiger partial charge in [0.05, 0.1) is 6.54 Å². The average molecular weight is 240 g/mol. The smallest absolute Gasteiger partial charge is 0.231 e. The van der Waals surface area contributed by atoms with Crippen molar-refractivity contribution in [3.05, 3.63) is 16.3 Å². The van der Waals surface area contributed by atoms with Crippen LogP contribution in [-0.4, -0.2) is 36.5 Å². The van der Waals surface area contributed by atoms with Crippen LogP contribution >= 0.6 is 11.3 Å². The van der Waals surface area contributed by atoms with Crippen LogP contribution in [-0.2, 0) is 4.79 Å². The van der Waals surface area contributed by atoms with Crippen molar-refractivity contribution in [2.45, 2.75) is 19.4 Å². The summed E-state index contributed by atoms with van der Waals surface area (Å²) in [6, 6.07) is 2.00. The van der Waals surface area contributed by atoms with Gasteiger partial charge in [0.25, 0.3) is 0 Å². The number of thiophene rings is 1. The van der Waals surface area contributed by atoms with Crippen LogP contribution in [0.4, 0.5) is 0 Å². The fourth-order valence-corrected chi connectivity index (χ4v) is 2.56. The molecule has 1 unspecified atom stereocenters. The molecule has 0 aliphatic carbocycles. The van der Waals surface area contributed by atoms with Crippen LogP contribution in [0.25, 0.3) is 0 Å². The maximum Gasteiger partial charge on any atom is 0.231 e. The second kappa shape index (κ2) is 4.84. The molecule has 2 heterocycles. The van der Waals surface area contributed by atoms with Gasteiger partial charge in [-0.1, -0.05) is 0 Å². The molecule has 0 bridgehead atoms. The summed E-state index contributed by atoms with van der Waals surface area (Å²) in [5.74, 6) is 0.697. The fraction of sp³-hybridized carbons (Fsp3) is 0.545. The standard InChI is InChI=1S/C11H16N2O2S/c1-8-10(3-5-16-8)15-9-2-4-13(6-9)7-11(12)14/h3,5,9H,2,4,6-7H2,1H3,(H2,12,14). The van der Waals surface area contributed by atoms with Crippen molar-refractivity contribution in [3.63, 3.8) is 0 Å². The van der Waals surface area contributed by atoms with Crippen LogP contribution in [0.5, 0.6) is 5.75 Å². The fourth-order valence-electron chi connectivity index (χ4n) is 1.93. The van der Waals surface area contributed by atoms with Gasteiger partial charge in [0.2, 0.25) is 5.91 Å². The molecule has 0 spiro atoms. The van der Waals surface area contributed by atoms with Crippen molar-refractivity contribution in [3.8, 4) is 5.75 Å². The first kappa shape index (κ1) is 11.4. The van der Waals surface area contributed by atoms with Gasteiger partial charge in [0, 0.05) is 18.0 Å². The summed E-state index contributed by atoms with van der Waals surface area (Å²) in [6.45, 7) is 4.06. The minimum Gasteiger partial charge on any atom is -0.488 e. The maximum absolute atomic E-state index is 10.8. The van der Waals surface area contributed by atoms with Crippen LogP contribution < -0.4 is 10.5 Å². The molecule has 1 saturated heterocycles. The largest absolute Gasteiger partial charge is 0.488 e. The Hall–Kier alpha value is -1.07. The third-order valence-corrected chi connectivity index (χ3v) is 3.54. The van der Waals surface area contributed by atoms with Crippen LogP contribution in [0.15, 0.2) is 11.4 Å². The van der Waals surface area contributed by atoms with Gasteiger partial charge in [-0.3, -0.25) is 9.69 Å². The summed E-state index contributed by atoms with van der Waals surface area (Å²) in [5, 5.41) is 2.03. The van der Waals surface area contributed by atoms with Crippen LogP contribution in [0.2, 0.25) is 0 Å². The third-order valence-electron chi connectivity index (χ3n) is 2.71. The Morgan fingerprint density at radius 3 is 3.19 bits per heavy atom. The lowest BCUT2D eigenvalue weighted by molar-refractivity contribution is -0.118. The number of hydrogen-bond acceptors (Lipinski definition) is 4. The van der Waals surface area contributed by atoms with Gasteiger partial charge in [-0.25, -0.2) is 0 Å². The Bertz CT molecular complexity index is 378. The Balaban J connectivity index is 1.85. The van der Waals surface area contributed by atoms with E-state index >= 15 is 0 Å². The van der Waals surface area contributed by atoms with Crippen LogP contribution in [0.3, 0.4) is 0 Å². The maximum atomic E-state index is 10.8. The first-order valence-corrected chi connectivity index (χ1v) is 6.24. The van der Waals surface area contributed by atoms with E-state index in [1.54, 1.807) is 11.3 Å². The van der Waals surface area contributed by atoms with E-state index in [1.807, 2.05) is 16.3 Å². The predicted octanol–water partition coefficient (Wildman–Crippen LogP) is 0.995. The lowest BCUT2D eigenvalue weighted by atomic mass is 10.3. The van der Waals surface area contributed by atoms with Crippen molar-refractivity contribution in [2.24, 2.45) is 5.73 Å². The summed E-state index contributed by atoms with van der Waals surface area (Å²) >= 11 is 1.69. The van der Waals surface area contributed by atoms with E-state index in [0.717, 1.165) is 25.3 Å². The second-order valence-electron chi connectivity index (χ2n) is 4.07. The lowest BCUT2D eigenvalue weighted by Gasteiger charge is -2.15. The Labute approximate surface area is 99.0 Å². The van der Waals surface area contributed by atoms with Gasteiger partial charge in [0.15, 0.2) is 0 Å². The van der Waals surface area contributed by atoms with E-state index in [-0.39, 0.29) is 12.0 Å². The lowest BCUT2D eigenvalue weighted by Crippen LogP contribution is -2.33. The van der Waals surface area contributed by atoms with E-state index in [1.165, 1.54) is 4.88 Å². The number of amides is 1. The zero-order valence-corrected chi connectivity index (χ0v) is 10.1. The molecule has 1 aromatic heterocycles. The van der Waals surface area contributed by atoms with Gasteiger partial charge in [0.1, 0.15) is 11.9 Å². The topological polar surface area (TPSA) is 55.6 Å². The Morgan fingerprint density at radius 1 is 1.75 bits per heavy atom. The first-order chi connectivity index (χ1) is 7.65. The average Bonchev–Trinajstić information content (AvgIpc) is 2.77. The van der Waals surface area contributed by atoms with Crippen molar-refractivity contribution in [1.29, 1.82) is 0 Å². The van der Waals surface area contributed by atoms with Gasteiger partial charge in [-0.2, -0.15) is 0 Å². The Morgan fingerprint density at radius 2 is 2.56 bits per heavy atom. The minimum absolute atomic E-state index is 0.188. The molecule has 88 valence electrons. The molecule has 0 radical (unpaired) electrons. The highest BCUT2D eigenvalue weighted by Crippen LogP contribution is 2.26. The van der Waals surface area contributed by atoms with E-state index in [4.69, 9.17) is 10.5 Å². The van der Waals surface area contributed by atoms with Gasteiger partial charge >= 0.3 is 0 Å². The van der Waals surface area contributed by atoms with E-state index in [2.05, 4.69) is 6.92 Å². The molecule has 1 aromatic rings. The zero-order valence-electron chi connectivity index (χ0n) is 9.31. The molecule has 2 N–H and O–H groups in total. The molecule has 5 heteroatoms. The van der Waals surface area contributed by atoms with Crippen molar-refractivity contribution >= 4 is 17.2 Å². The highest BCUT2D eigenvalue weighted by Gasteiger charge is 2.25. The molecule has 1 amide bonds. The van der Waals surface area contributed by atoms with E-state index < -0.39 is 0 Å². The molecule has 1 atom stereocenters. The number of aryl methyl sites for hydroxylation is 1. The zero-order chi connectivity index (χ0) is 11.5. The summed E-state index contributed by atoms with van der Waals surface area (Å²) in [5.41, 5.74) is 5.16. The summed E-state index contributed by atoms with van der Waals surface area (Å²) in [6.07, 6.45) is 1.15. The number of carbonyl (C=O) groups excluding carboxylic acids is 1. The molecule has 1 aliphatic rings. The number of nitrogens with zero attached hydrogens (tertiary/aromatic N) is 1. The monoisotopic (exact) mass is 240 g/mol. The SMILES string of the molecule is Cc1sccc1OC1CCN(CC(N)=O)C1. The number of likely N-dealkylation sites (tertiary alicyclic amines) is 1. The normalized spacial score (nSPS) is 21.2. The van der Waals surface area contributed by atoms with Gasteiger partial charge in [-0.05, 0) is 24.8 Å². The molecule has 4 nitrogen and oxygen atoms in total. The number of primary amides is 1. The number of rotatable bonds is 4. The third kappa shape index (κ3) is 2.74. The van der Waals surface area contributed by atoms with E-state index in [0.29, 0.717) is 6.54 Å². The van der Waals surface area contributed by atoms with Crippen LogP contribution in [0.1, 0.15) is 11.3 Å². The van der Waals surface area contributed by atoms with E-state index in [9.17, 15) is 4.79 Å². The van der Waals surface area contributed by atoms with Crippen molar-refractivity contribution < 1.29 is 9.53 Å². The number of carbonyl (C=O) groups is 1. The second-order valence-corrected chi connectivity index (χ2v) is 5.19. The number of ether oxygens (including phenoxy) is 1. The molecule has 16 heavy (non-hydrogen) atoms. The van der Waals surface area contributed by atoms with Gasteiger partial charge < -0.3 is 10.5 Å². The summed E-state index contributed by atoms with van der Waals surface area (Å²) in [7, 11) is 0. The Kier molecular flexibility index (Phi) is 3.46. The summed E-state index contributed by atoms with van der Waals surface area (Å²) in [4.78, 5) is 14.0. The highest BCUT2D eigenvalue weighted by atomic mass is 32.1. The molecule has 0 saturated carbocycles. The predicted molar refractivity (Wildman–Crippen MR) is 63.7 cm³/mol. The van der Waals surface area contributed by atoms with Crippen molar-refractivity contribution in [2.75, 3.05) is 19.6 Å². The van der Waals surface area contributed by atoms with Crippen molar-refractivity contribution in [1.82, 2.24) is 4.90 Å². The molecule has 1 aliphatic heterocycles. The molecular weight excluding hydrogens is 224 g/mol. The quantitative estimate of drug-likeness (QED) is 0.854. The van der Waals surface area contributed by atoms with Crippen LogP contribution in [0, 0.1) is 6.92 Å². The molecule has 1 fully saturated rings. The first-order valence-electron chi connectivity index (χ1n) is 5.36. The highest BCUT2D eigenvalue weighted by molar-refractivity contribution is 7.10. The number of hydrogen-bond donors (Lipinski definition) is 1. The minimum atomic E-state index is -0.271. The van der Waals surface area contributed by atoms with Gasteiger partial charge in [-0.15, -0.1) is 11.3 Å². The number of nitrogens with two attached hydrogens (primary N) is 1. The summed E-state index contributed by atoms with van der Waals surface area (Å²) < 4.78 is 5.87. The molecular formula is C11H16N2O2S. The molecule has 0 aromatic carbocycles. The molecule has 2 rings (SSSR count).